The normalized spacial score (nSPS) is 10.5. The van der Waals surface area contributed by atoms with Gasteiger partial charge in [0.2, 0.25) is 5.56 Å². The van der Waals surface area contributed by atoms with Gasteiger partial charge in [0.15, 0.2) is 0 Å². The van der Waals surface area contributed by atoms with Crippen molar-refractivity contribution in [2.24, 2.45) is 0 Å². The number of benzene rings is 2. The number of rotatable bonds is 2. The van der Waals surface area contributed by atoms with Crippen molar-refractivity contribution in [3.05, 3.63) is 70.6 Å². The molecule has 0 radical (unpaired) electrons. The number of fused-ring (bicyclic) bond motifs is 1. The summed E-state index contributed by atoms with van der Waals surface area (Å²) in [6, 6.07) is 13.1. The molecule has 3 N–H and O–H groups in total. The van der Waals surface area contributed by atoms with Crippen LogP contribution in [0.2, 0.25) is 0 Å². The molecule has 21 heavy (non-hydrogen) atoms. The van der Waals surface area contributed by atoms with Gasteiger partial charge in [0, 0.05) is 34.3 Å². The molecule has 1 aromatic heterocycles. The summed E-state index contributed by atoms with van der Waals surface area (Å²) in [4.78, 5) is 25.9. The van der Waals surface area contributed by atoms with Gasteiger partial charge in [0.25, 0.3) is 5.91 Å². The summed E-state index contributed by atoms with van der Waals surface area (Å²) in [6.45, 7) is 0. The number of amides is 1. The average molecular weight is 280 g/mol. The van der Waals surface area contributed by atoms with Crippen LogP contribution in [0, 0.1) is 0 Å². The van der Waals surface area contributed by atoms with Gasteiger partial charge in [-0.05, 0) is 18.2 Å². The van der Waals surface area contributed by atoms with Crippen molar-refractivity contribution in [3.8, 4) is 5.75 Å². The maximum absolute atomic E-state index is 12.2. The number of phenols is 1. The van der Waals surface area contributed by atoms with Gasteiger partial charge in [-0.3, -0.25) is 9.59 Å². The Morgan fingerprint density at radius 2 is 1.81 bits per heavy atom. The second-order valence-corrected chi connectivity index (χ2v) is 4.57. The maximum Gasteiger partial charge on any atom is 0.255 e. The molecule has 3 rings (SSSR count). The van der Waals surface area contributed by atoms with Gasteiger partial charge >= 0.3 is 0 Å². The SMILES string of the molecule is O=C(Nc1cccc2c(O)cccc12)c1cc[nH]c(=O)c1. The highest BCUT2D eigenvalue weighted by Gasteiger charge is 2.09. The molecular weight excluding hydrogens is 268 g/mol. The fourth-order valence-electron chi connectivity index (χ4n) is 2.18. The van der Waals surface area contributed by atoms with E-state index in [2.05, 4.69) is 10.3 Å². The van der Waals surface area contributed by atoms with Crippen molar-refractivity contribution < 1.29 is 9.90 Å². The van der Waals surface area contributed by atoms with Gasteiger partial charge in [-0.25, -0.2) is 0 Å². The van der Waals surface area contributed by atoms with E-state index in [0.29, 0.717) is 11.1 Å². The fourth-order valence-corrected chi connectivity index (χ4v) is 2.18. The third-order valence-corrected chi connectivity index (χ3v) is 3.18. The lowest BCUT2D eigenvalue weighted by Gasteiger charge is -2.09. The van der Waals surface area contributed by atoms with Gasteiger partial charge < -0.3 is 15.4 Å². The van der Waals surface area contributed by atoms with E-state index >= 15 is 0 Å². The first kappa shape index (κ1) is 12.9. The second kappa shape index (κ2) is 5.13. The van der Waals surface area contributed by atoms with Gasteiger partial charge in [-0.15, -0.1) is 0 Å². The lowest BCUT2D eigenvalue weighted by Crippen LogP contribution is -2.15. The lowest BCUT2D eigenvalue weighted by molar-refractivity contribution is 0.102. The zero-order valence-electron chi connectivity index (χ0n) is 11.0. The molecule has 0 unspecified atom stereocenters. The number of pyridine rings is 1. The van der Waals surface area contributed by atoms with E-state index in [1.54, 1.807) is 30.3 Å². The molecule has 0 saturated heterocycles. The van der Waals surface area contributed by atoms with E-state index in [1.807, 2.05) is 6.07 Å². The Bertz CT molecular complexity index is 884. The highest BCUT2D eigenvalue weighted by molar-refractivity contribution is 6.09. The number of nitrogens with one attached hydrogen (secondary N) is 2. The molecule has 1 heterocycles. The summed E-state index contributed by atoms with van der Waals surface area (Å²) >= 11 is 0. The molecular formula is C16H12N2O3. The lowest BCUT2D eigenvalue weighted by atomic mass is 10.1. The zero-order valence-corrected chi connectivity index (χ0v) is 11.0. The van der Waals surface area contributed by atoms with Crippen LogP contribution in [0.4, 0.5) is 5.69 Å². The van der Waals surface area contributed by atoms with Crippen LogP contribution in [-0.2, 0) is 0 Å². The van der Waals surface area contributed by atoms with Gasteiger partial charge in [0.05, 0.1) is 0 Å². The van der Waals surface area contributed by atoms with Gasteiger partial charge in [-0.1, -0.05) is 24.3 Å². The third-order valence-electron chi connectivity index (χ3n) is 3.18. The Morgan fingerprint density at radius 1 is 1.05 bits per heavy atom. The Labute approximate surface area is 119 Å². The number of aromatic amines is 1. The standard InChI is InChI=1S/C16H12N2O3/c19-14-6-2-3-11-12(14)4-1-5-13(11)18-16(21)10-7-8-17-15(20)9-10/h1-9,19H,(H,17,20)(H,18,21). The largest absolute Gasteiger partial charge is 0.507 e. The van der Waals surface area contributed by atoms with Crippen molar-refractivity contribution in [3.63, 3.8) is 0 Å². The first-order chi connectivity index (χ1) is 10.1. The monoisotopic (exact) mass is 280 g/mol. The Balaban J connectivity index is 2.01. The maximum atomic E-state index is 12.2. The van der Waals surface area contributed by atoms with Crippen LogP contribution < -0.4 is 10.9 Å². The van der Waals surface area contributed by atoms with E-state index < -0.39 is 0 Å². The molecule has 0 bridgehead atoms. The van der Waals surface area contributed by atoms with Crippen LogP contribution in [-0.4, -0.2) is 16.0 Å². The summed E-state index contributed by atoms with van der Waals surface area (Å²) in [7, 11) is 0. The molecule has 0 aliphatic rings. The van der Waals surface area contributed by atoms with Crippen LogP contribution in [0.3, 0.4) is 0 Å². The molecule has 0 spiro atoms. The van der Waals surface area contributed by atoms with Crippen LogP contribution in [0.1, 0.15) is 10.4 Å². The fraction of sp³-hybridized carbons (Fsp3) is 0. The molecule has 0 atom stereocenters. The van der Waals surface area contributed by atoms with E-state index in [4.69, 9.17) is 0 Å². The predicted molar refractivity (Wildman–Crippen MR) is 80.6 cm³/mol. The molecule has 0 aliphatic carbocycles. The van der Waals surface area contributed by atoms with Crippen molar-refractivity contribution in [1.29, 1.82) is 0 Å². The number of anilines is 1. The first-order valence-electron chi connectivity index (χ1n) is 6.36. The minimum atomic E-state index is -0.378. The summed E-state index contributed by atoms with van der Waals surface area (Å²) in [5, 5.41) is 14.0. The molecule has 0 fully saturated rings. The highest BCUT2D eigenvalue weighted by Crippen LogP contribution is 2.29. The highest BCUT2D eigenvalue weighted by atomic mass is 16.3. The quantitative estimate of drug-likeness (QED) is 0.674. The number of phenolic OH excluding ortho intramolecular Hbond substituents is 1. The number of aromatic nitrogens is 1. The van der Waals surface area contributed by atoms with E-state index in [9.17, 15) is 14.7 Å². The molecule has 0 saturated carbocycles. The number of hydrogen-bond acceptors (Lipinski definition) is 3. The van der Waals surface area contributed by atoms with Crippen LogP contribution in [0.15, 0.2) is 59.5 Å². The van der Waals surface area contributed by atoms with Crippen LogP contribution in [0.25, 0.3) is 10.8 Å². The summed E-state index contributed by atoms with van der Waals surface area (Å²) in [5.74, 6) is -0.225. The number of H-pyrrole nitrogens is 1. The molecule has 1 amide bonds. The van der Waals surface area contributed by atoms with E-state index in [1.165, 1.54) is 18.3 Å². The van der Waals surface area contributed by atoms with Crippen molar-refractivity contribution >= 4 is 22.4 Å². The van der Waals surface area contributed by atoms with Crippen molar-refractivity contribution in [2.45, 2.75) is 0 Å². The Hall–Kier alpha value is -3.08. The smallest absolute Gasteiger partial charge is 0.255 e. The van der Waals surface area contributed by atoms with Crippen LogP contribution in [0.5, 0.6) is 5.75 Å². The molecule has 5 nitrogen and oxygen atoms in total. The topological polar surface area (TPSA) is 82.2 Å². The Kier molecular flexibility index (Phi) is 3.16. The van der Waals surface area contributed by atoms with Crippen molar-refractivity contribution in [2.75, 3.05) is 5.32 Å². The zero-order chi connectivity index (χ0) is 14.8. The Morgan fingerprint density at radius 3 is 2.62 bits per heavy atom. The van der Waals surface area contributed by atoms with E-state index in [-0.39, 0.29) is 22.8 Å². The first-order valence-corrected chi connectivity index (χ1v) is 6.36. The number of hydrogen-bond donors (Lipinski definition) is 3. The molecule has 3 aromatic rings. The van der Waals surface area contributed by atoms with Crippen molar-refractivity contribution in [1.82, 2.24) is 4.98 Å². The van der Waals surface area contributed by atoms with Gasteiger partial charge in [-0.2, -0.15) is 0 Å². The third kappa shape index (κ3) is 2.49. The predicted octanol–water partition coefficient (Wildman–Crippen LogP) is 2.49. The summed E-state index contributed by atoms with van der Waals surface area (Å²) < 4.78 is 0. The second-order valence-electron chi connectivity index (χ2n) is 4.57. The summed E-state index contributed by atoms with van der Waals surface area (Å²) in [6.07, 6.45) is 1.42. The number of carbonyl (C=O) groups excluding carboxylic acids is 1. The molecule has 2 aromatic carbocycles. The minimum absolute atomic E-state index is 0.153. The molecule has 104 valence electrons. The van der Waals surface area contributed by atoms with E-state index in [0.717, 1.165) is 5.39 Å². The number of aromatic hydroxyl groups is 1. The molecule has 0 aliphatic heterocycles. The average Bonchev–Trinajstić information content (AvgIpc) is 2.48. The summed E-state index contributed by atoms with van der Waals surface area (Å²) in [5.41, 5.74) is 0.516. The number of carbonyl (C=O) groups is 1. The molecule has 5 heteroatoms. The van der Waals surface area contributed by atoms with Crippen LogP contribution >= 0.6 is 0 Å². The minimum Gasteiger partial charge on any atom is -0.507 e. The van der Waals surface area contributed by atoms with Gasteiger partial charge in [0.1, 0.15) is 5.75 Å².